The standard InChI is InChI=1S/C16H15N3O7/c20-3-1-19-14(21)6-10(15(19)22)17-9-5-12-13(26-8-25-12)7-11(9)18-2-4-24-16(18)23/h5-7,17,20H,1-4,8H2. The maximum absolute atomic E-state index is 12.3. The first kappa shape index (κ1) is 16.2. The third-order valence-corrected chi connectivity index (χ3v) is 4.14. The van der Waals surface area contributed by atoms with Gasteiger partial charge in [-0.2, -0.15) is 0 Å². The number of imide groups is 1. The van der Waals surface area contributed by atoms with Crippen LogP contribution in [0.15, 0.2) is 23.9 Å². The second kappa shape index (κ2) is 6.23. The van der Waals surface area contributed by atoms with Gasteiger partial charge in [0.15, 0.2) is 11.5 Å². The lowest BCUT2D eigenvalue weighted by molar-refractivity contribution is -0.137. The Morgan fingerprint density at radius 1 is 1.12 bits per heavy atom. The van der Waals surface area contributed by atoms with Crippen molar-refractivity contribution >= 4 is 29.3 Å². The lowest BCUT2D eigenvalue weighted by atomic mass is 10.2. The van der Waals surface area contributed by atoms with Crippen LogP contribution in [-0.4, -0.2) is 61.0 Å². The van der Waals surface area contributed by atoms with Gasteiger partial charge in [-0.1, -0.05) is 0 Å². The average Bonchev–Trinajstić information content (AvgIpc) is 3.30. The van der Waals surface area contributed by atoms with Crippen LogP contribution >= 0.6 is 0 Å². The molecule has 0 aromatic heterocycles. The van der Waals surface area contributed by atoms with Crippen molar-refractivity contribution in [1.82, 2.24) is 4.90 Å². The van der Waals surface area contributed by atoms with Crippen LogP contribution < -0.4 is 19.7 Å². The number of rotatable bonds is 5. The molecule has 26 heavy (non-hydrogen) atoms. The quantitative estimate of drug-likeness (QED) is 0.706. The minimum Gasteiger partial charge on any atom is -0.454 e. The molecule has 2 N–H and O–H groups in total. The molecule has 0 spiro atoms. The third-order valence-electron chi connectivity index (χ3n) is 4.14. The summed E-state index contributed by atoms with van der Waals surface area (Å²) >= 11 is 0. The SMILES string of the molecule is O=C1C=C(Nc2cc3c(cc2N2CCOC2=O)OCO3)C(=O)N1CCO. The number of hydrogen-bond acceptors (Lipinski definition) is 8. The summed E-state index contributed by atoms with van der Waals surface area (Å²) in [7, 11) is 0. The highest BCUT2D eigenvalue weighted by atomic mass is 16.7. The molecule has 1 saturated heterocycles. The van der Waals surface area contributed by atoms with Gasteiger partial charge in [0.05, 0.1) is 31.1 Å². The van der Waals surface area contributed by atoms with E-state index < -0.39 is 17.9 Å². The summed E-state index contributed by atoms with van der Waals surface area (Å²) < 4.78 is 15.7. The van der Waals surface area contributed by atoms with Crippen LogP contribution in [0.5, 0.6) is 11.5 Å². The zero-order valence-corrected chi connectivity index (χ0v) is 13.6. The summed E-state index contributed by atoms with van der Waals surface area (Å²) in [5, 5.41) is 11.9. The lowest BCUT2D eigenvalue weighted by Gasteiger charge is -2.19. The summed E-state index contributed by atoms with van der Waals surface area (Å²) in [6, 6.07) is 3.21. The Kier molecular flexibility index (Phi) is 3.88. The molecule has 0 radical (unpaired) electrons. The van der Waals surface area contributed by atoms with Crippen molar-refractivity contribution in [3.8, 4) is 11.5 Å². The van der Waals surface area contributed by atoms with Gasteiger partial charge in [-0.15, -0.1) is 0 Å². The Morgan fingerprint density at radius 3 is 2.58 bits per heavy atom. The zero-order chi connectivity index (χ0) is 18.3. The fourth-order valence-corrected chi connectivity index (χ4v) is 2.92. The van der Waals surface area contributed by atoms with Crippen molar-refractivity contribution in [2.75, 3.05) is 43.3 Å². The van der Waals surface area contributed by atoms with E-state index in [1.165, 1.54) is 4.90 Å². The molecular weight excluding hydrogens is 346 g/mol. The van der Waals surface area contributed by atoms with Gasteiger partial charge in [-0.25, -0.2) is 4.79 Å². The number of ether oxygens (including phenoxy) is 3. The van der Waals surface area contributed by atoms with Crippen LogP contribution in [0.1, 0.15) is 0 Å². The number of carbonyl (C=O) groups excluding carboxylic acids is 3. The fraction of sp³-hybridized carbons (Fsp3) is 0.312. The number of nitrogens with zero attached hydrogens (tertiary/aromatic N) is 2. The van der Waals surface area contributed by atoms with E-state index in [0.29, 0.717) is 29.4 Å². The molecule has 3 aliphatic heterocycles. The first-order valence-corrected chi connectivity index (χ1v) is 7.92. The molecule has 10 heteroatoms. The minimum absolute atomic E-state index is 0.0381. The molecular formula is C16H15N3O7. The highest BCUT2D eigenvalue weighted by molar-refractivity contribution is 6.17. The minimum atomic E-state index is -0.559. The summed E-state index contributed by atoms with van der Waals surface area (Å²) in [6.45, 7) is 0.221. The van der Waals surface area contributed by atoms with Crippen molar-refractivity contribution in [3.63, 3.8) is 0 Å². The van der Waals surface area contributed by atoms with Crippen LogP contribution in [0.3, 0.4) is 0 Å². The van der Waals surface area contributed by atoms with Crippen molar-refractivity contribution < 1.29 is 33.7 Å². The van der Waals surface area contributed by atoms with Gasteiger partial charge in [-0.3, -0.25) is 19.4 Å². The topological polar surface area (TPSA) is 118 Å². The predicted molar refractivity (Wildman–Crippen MR) is 86.8 cm³/mol. The molecule has 136 valence electrons. The molecule has 0 saturated carbocycles. The molecule has 3 amide bonds. The van der Waals surface area contributed by atoms with Crippen LogP contribution in [0, 0.1) is 0 Å². The largest absolute Gasteiger partial charge is 0.454 e. The van der Waals surface area contributed by atoms with E-state index in [-0.39, 0.29) is 32.2 Å². The highest BCUT2D eigenvalue weighted by Crippen LogP contribution is 2.42. The van der Waals surface area contributed by atoms with E-state index in [1.54, 1.807) is 12.1 Å². The Hall–Kier alpha value is -3.27. The molecule has 0 bridgehead atoms. The second-order valence-corrected chi connectivity index (χ2v) is 5.69. The number of cyclic esters (lactones) is 1. The Balaban J connectivity index is 1.68. The van der Waals surface area contributed by atoms with Crippen LogP contribution in [-0.2, 0) is 14.3 Å². The second-order valence-electron chi connectivity index (χ2n) is 5.69. The third kappa shape index (κ3) is 2.60. The summed E-state index contributed by atoms with van der Waals surface area (Å²) in [6.07, 6.45) is 0.630. The number of aliphatic hydroxyl groups is 1. The summed E-state index contributed by atoms with van der Waals surface area (Å²) in [5.41, 5.74) is 0.876. The van der Waals surface area contributed by atoms with Gasteiger partial charge in [-0.05, 0) is 0 Å². The average molecular weight is 361 g/mol. The first-order chi connectivity index (χ1) is 12.6. The van der Waals surface area contributed by atoms with E-state index in [4.69, 9.17) is 19.3 Å². The molecule has 4 rings (SSSR count). The maximum atomic E-state index is 12.3. The Labute approximate surface area is 147 Å². The van der Waals surface area contributed by atoms with E-state index in [0.717, 1.165) is 11.0 Å². The number of amides is 3. The molecule has 3 aliphatic rings. The Morgan fingerprint density at radius 2 is 1.88 bits per heavy atom. The lowest BCUT2D eigenvalue weighted by Crippen LogP contribution is -2.34. The molecule has 10 nitrogen and oxygen atoms in total. The summed E-state index contributed by atoms with van der Waals surface area (Å²) in [5.74, 6) is -0.158. The molecule has 3 heterocycles. The van der Waals surface area contributed by atoms with E-state index in [2.05, 4.69) is 5.32 Å². The molecule has 1 aromatic carbocycles. The number of fused-ring (bicyclic) bond motifs is 1. The molecule has 1 fully saturated rings. The number of anilines is 2. The fourth-order valence-electron chi connectivity index (χ4n) is 2.92. The van der Waals surface area contributed by atoms with E-state index in [1.807, 2.05) is 0 Å². The smallest absolute Gasteiger partial charge is 0.414 e. The molecule has 1 aromatic rings. The van der Waals surface area contributed by atoms with Gasteiger partial charge in [0.1, 0.15) is 12.3 Å². The number of aliphatic hydroxyl groups excluding tert-OH is 1. The highest BCUT2D eigenvalue weighted by Gasteiger charge is 2.33. The van der Waals surface area contributed by atoms with Crippen molar-refractivity contribution in [2.24, 2.45) is 0 Å². The maximum Gasteiger partial charge on any atom is 0.414 e. The first-order valence-electron chi connectivity index (χ1n) is 7.92. The van der Waals surface area contributed by atoms with Gasteiger partial charge in [0.25, 0.3) is 11.8 Å². The number of hydrogen-bond donors (Lipinski definition) is 2. The van der Waals surface area contributed by atoms with Crippen molar-refractivity contribution in [3.05, 3.63) is 23.9 Å². The number of benzene rings is 1. The molecule has 0 aliphatic carbocycles. The predicted octanol–water partition coefficient (Wildman–Crippen LogP) is 0.0288. The molecule has 0 unspecified atom stereocenters. The van der Waals surface area contributed by atoms with E-state index >= 15 is 0 Å². The van der Waals surface area contributed by atoms with Crippen LogP contribution in [0.25, 0.3) is 0 Å². The zero-order valence-electron chi connectivity index (χ0n) is 13.6. The summed E-state index contributed by atoms with van der Waals surface area (Å²) in [4.78, 5) is 38.5. The van der Waals surface area contributed by atoms with Crippen molar-refractivity contribution in [1.29, 1.82) is 0 Å². The van der Waals surface area contributed by atoms with Gasteiger partial charge < -0.3 is 24.6 Å². The number of nitrogens with one attached hydrogen (secondary N) is 1. The van der Waals surface area contributed by atoms with Crippen LogP contribution in [0.2, 0.25) is 0 Å². The van der Waals surface area contributed by atoms with Gasteiger partial charge in [0.2, 0.25) is 6.79 Å². The Bertz CT molecular complexity index is 835. The normalized spacial score (nSPS) is 18.5. The number of β-amino-alcohol motifs (C(OH)–C–C–N with tert-alkyl or cyclic N) is 1. The van der Waals surface area contributed by atoms with E-state index in [9.17, 15) is 14.4 Å². The monoisotopic (exact) mass is 361 g/mol. The van der Waals surface area contributed by atoms with Gasteiger partial charge in [0, 0.05) is 18.2 Å². The van der Waals surface area contributed by atoms with Crippen LogP contribution in [0.4, 0.5) is 16.2 Å². The van der Waals surface area contributed by atoms with Crippen molar-refractivity contribution in [2.45, 2.75) is 0 Å². The molecule has 0 atom stereocenters. The van der Waals surface area contributed by atoms with Gasteiger partial charge >= 0.3 is 6.09 Å². The number of carbonyl (C=O) groups is 3.